The second-order valence-electron chi connectivity index (χ2n) is 7.58. The minimum Gasteiger partial charge on any atom is -0.480 e. The summed E-state index contributed by atoms with van der Waals surface area (Å²) in [5.41, 5.74) is 1.13. The molecule has 29 heavy (non-hydrogen) atoms. The number of piperidine rings is 2. The summed E-state index contributed by atoms with van der Waals surface area (Å²) in [4.78, 5) is 64.0. The Labute approximate surface area is 166 Å². The zero-order chi connectivity index (χ0) is 20.7. The fourth-order valence-electron chi connectivity index (χ4n) is 4.37. The van der Waals surface area contributed by atoms with Gasteiger partial charge in [-0.25, -0.2) is 4.79 Å². The van der Waals surface area contributed by atoms with Gasteiger partial charge in [0.1, 0.15) is 12.1 Å². The number of benzene rings is 1. The van der Waals surface area contributed by atoms with E-state index in [1.807, 2.05) is 0 Å². The van der Waals surface area contributed by atoms with Crippen LogP contribution in [0, 0.1) is 0 Å². The lowest BCUT2D eigenvalue weighted by Gasteiger charge is -2.33. The minimum absolute atomic E-state index is 0.0773. The lowest BCUT2D eigenvalue weighted by atomic mass is 9.98. The van der Waals surface area contributed by atoms with Crippen LogP contribution in [0.3, 0.4) is 0 Å². The molecule has 2 atom stereocenters. The Kier molecular flexibility index (Phi) is 4.81. The summed E-state index contributed by atoms with van der Waals surface area (Å²) in [7, 11) is 0. The highest BCUT2D eigenvalue weighted by atomic mass is 16.4. The number of nitrogens with one attached hydrogen (secondary N) is 1. The Morgan fingerprint density at radius 2 is 1.90 bits per heavy atom. The van der Waals surface area contributed by atoms with Crippen LogP contribution < -0.4 is 5.32 Å². The second kappa shape index (κ2) is 7.31. The van der Waals surface area contributed by atoms with Gasteiger partial charge in [0.25, 0.3) is 11.8 Å². The van der Waals surface area contributed by atoms with Crippen LogP contribution in [0.1, 0.15) is 58.4 Å². The van der Waals surface area contributed by atoms with Crippen molar-refractivity contribution in [3.05, 3.63) is 34.9 Å². The molecule has 4 amide bonds. The van der Waals surface area contributed by atoms with Crippen molar-refractivity contribution in [2.75, 3.05) is 6.54 Å². The Hall–Kier alpha value is -3.23. The van der Waals surface area contributed by atoms with Gasteiger partial charge in [0.05, 0.1) is 0 Å². The Bertz CT molecular complexity index is 927. The molecule has 2 N–H and O–H groups in total. The molecule has 3 aliphatic heterocycles. The van der Waals surface area contributed by atoms with Crippen LogP contribution in [0.15, 0.2) is 18.2 Å². The van der Waals surface area contributed by atoms with Crippen molar-refractivity contribution in [1.29, 1.82) is 0 Å². The van der Waals surface area contributed by atoms with Crippen molar-refractivity contribution in [1.82, 2.24) is 15.1 Å². The maximum atomic E-state index is 13.2. The van der Waals surface area contributed by atoms with Gasteiger partial charge in [-0.05, 0) is 43.4 Å². The fourth-order valence-corrected chi connectivity index (χ4v) is 4.37. The first kappa shape index (κ1) is 19.1. The van der Waals surface area contributed by atoms with Gasteiger partial charge in [-0.15, -0.1) is 0 Å². The third-order valence-electron chi connectivity index (χ3n) is 5.86. The highest BCUT2D eigenvalue weighted by Gasteiger charge is 2.41. The molecule has 152 valence electrons. The molecule has 1 aromatic carbocycles. The van der Waals surface area contributed by atoms with E-state index >= 15 is 0 Å². The van der Waals surface area contributed by atoms with Crippen molar-refractivity contribution in [2.24, 2.45) is 0 Å². The van der Waals surface area contributed by atoms with Gasteiger partial charge >= 0.3 is 5.97 Å². The highest BCUT2D eigenvalue weighted by Crippen LogP contribution is 2.31. The molecule has 3 heterocycles. The van der Waals surface area contributed by atoms with Crippen molar-refractivity contribution in [3.63, 3.8) is 0 Å². The van der Waals surface area contributed by atoms with Crippen LogP contribution in [0.5, 0.6) is 0 Å². The summed E-state index contributed by atoms with van der Waals surface area (Å²) in [6.45, 7) is 0.429. The Balaban J connectivity index is 1.63. The van der Waals surface area contributed by atoms with Gasteiger partial charge in [0, 0.05) is 30.6 Å². The van der Waals surface area contributed by atoms with Crippen LogP contribution in [-0.4, -0.2) is 63.1 Å². The molecule has 1 unspecified atom stereocenters. The predicted molar refractivity (Wildman–Crippen MR) is 98.8 cm³/mol. The summed E-state index contributed by atoms with van der Waals surface area (Å²) >= 11 is 0. The first-order valence-corrected chi connectivity index (χ1v) is 9.69. The van der Waals surface area contributed by atoms with Crippen molar-refractivity contribution >= 4 is 29.6 Å². The Morgan fingerprint density at radius 1 is 1.10 bits per heavy atom. The number of nitrogens with zero attached hydrogens (tertiary/aromatic N) is 2. The van der Waals surface area contributed by atoms with Crippen molar-refractivity contribution in [2.45, 2.75) is 50.7 Å². The lowest BCUT2D eigenvalue weighted by molar-refractivity contribution is -0.143. The molecule has 0 aromatic heterocycles. The number of imide groups is 1. The number of rotatable bonds is 3. The number of likely N-dealkylation sites (tertiary alicyclic amines) is 1. The predicted octanol–water partition coefficient (Wildman–Crippen LogP) is 0.527. The number of fused-ring (bicyclic) bond motifs is 1. The van der Waals surface area contributed by atoms with E-state index in [2.05, 4.69) is 5.32 Å². The number of hydrogen-bond donors (Lipinski definition) is 2. The molecule has 0 aliphatic carbocycles. The molecule has 0 saturated carbocycles. The van der Waals surface area contributed by atoms with Crippen LogP contribution >= 0.6 is 0 Å². The van der Waals surface area contributed by atoms with E-state index < -0.39 is 29.9 Å². The second-order valence-corrected chi connectivity index (χ2v) is 7.58. The van der Waals surface area contributed by atoms with Crippen LogP contribution in [0.25, 0.3) is 0 Å². The quantitative estimate of drug-likeness (QED) is 0.715. The number of hydrogen-bond acceptors (Lipinski definition) is 5. The number of carboxylic acids is 1. The first-order chi connectivity index (χ1) is 13.9. The summed E-state index contributed by atoms with van der Waals surface area (Å²) < 4.78 is 0. The number of carbonyl (C=O) groups excluding carboxylic acids is 4. The van der Waals surface area contributed by atoms with Crippen LogP contribution in [-0.2, 0) is 20.9 Å². The molecule has 2 saturated heterocycles. The van der Waals surface area contributed by atoms with Gasteiger partial charge in [-0.3, -0.25) is 24.5 Å². The van der Waals surface area contributed by atoms with Crippen LogP contribution in [0.2, 0.25) is 0 Å². The molecule has 1 aromatic rings. The van der Waals surface area contributed by atoms with Gasteiger partial charge in [0.15, 0.2) is 0 Å². The molecule has 4 rings (SSSR count). The zero-order valence-electron chi connectivity index (χ0n) is 15.7. The number of aliphatic carboxylic acids is 1. The van der Waals surface area contributed by atoms with Crippen LogP contribution in [0.4, 0.5) is 0 Å². The number of carboxylic acid groups (broad SMARTS) is 1. The average Bonchev–Trinajstić information content (AvgIpc) is 3.04. The van der Waals surface area contributed by atoms with E-state index in [0.717, 1.165) is 12.8 Å². The topological polar surface area (TPSA) is 124 Å². The van der Waals surface area contributed by atoms with Crippen molar-refractivity contribution in [3.8, 4) is 0 Å². The van der Waals surface area contributed by atoms with E-state index in [4.69, 9.17) is 0 Å². The van der Waals surface area contributed by atoms with Crippen molar-refractivity contribution < 1.29 is 29.1 Å². The molecule has 2 fully saturated rings. The maximum absolute atomic E-state index is 13.2. The summed E-state index contributed by atoms with van der Waals surface area (Å²) in [6.07, 6.45) is 2.26. The lowest BCUT2D eigenvalue weighted by Crippen LogP contribution is -2.52. The normalized spacial score (nSPS) is 24.3. The van der Waals surface area contributed by atoms with Gasteiger partial charge in [-0.2, -0.15) is 0 Å². The SMILES string of the molecule is O=C1CCC(N2Cc3c(cccc3C(=O)N3CCCC[C@H]3C(=O)O)C2=O)C(=O)N1. The molecular formula is C20H21N3O6. The monoisotopic (exact) mass is 399 g/mol. The molecule has 3 aliphatic rings. The minimum atomic E-state index is -1.04. The maximum Gasteiger partial charge on any atom is 0.326 e. The third kappa shape index (κ3) is 3.26. The largest absolute Gasteiger partial charge is 0.480 e. The van der Waals surface area contributed by atoms with E-state index in [9.17, 15) is 29.1 Å². The summed E-state index contributed by atoms with van der Waals surface area (Å²) in [5, 5.41) is 11.7. The molecule has 9 heteroatoms. The highest BCUT2D eigenvalue weighted by molar-refractivity contribution is 6.08. The fraction of sp³-hybridized carbons (Fsp3) is 0.450. The number of carbonyl (C=O) groups is 5. The average molecular weight is 399 g/mol. The molecule has 0 radical (unpaired) electrons. The third-order valence-corrected chi connectivity index (χ3v) is 5.86. The van der Waals surface area contributed by atoms with E-state index in [-0.39, 0.29) is 31.2 Å². The molecule has 0 bridgehead atoms. The molecular weight excluding hydrogens is 378 g/mol. The summed E-state index contributed by atoms with van der Waals surface area (Å²) in [6, 6.07) is 3.14. The van der Waals surface area contributed by atoms with E-state index in [1.165, 1.54) is 9.80 Å². The summed E-state index contributed by atoms with van der Waals surface area (Å²) in [5.74, 6) is -2.69. The standard InChI is InChI=1S/C20H21N3O6/c24-16-8-7-14(17(25)21-16)23-10-13-11(4-3-5-12(13)19(23)27)18(26)22-9-2-1-6-15(22)20(28)29/h3-5,14-15H,1-2,6-10H2,(H,28,29)(H,21,24,25)/t14?,15-/m0/s1. The molecule has 9 nitrogen and oxygen atoms in total. The molecule has 0 spiro atoms. The van der Waals surface area contributed by atoms with Gasteiger partial charge in [0.2, 0.25) is 11.8 Å². The number of amides is 4. The zero-order valence-corrected chi connectivity index (χ0v) is 15.7. The van der Waals surface area contributed by atoms with Gasteiger partial charge < -0.3 is 14.9 Å². The van der Waals surface area contributed by atoms with E-state index in [1.54, 1.807) is 18.2 Å². The Morgan fingerprint density at radius 3 is 2.62 bits per heavy atom. The smallest absolute Gasteiger partial charge is 0.326 e. The van der Waals surface area contributed by atoms with Gasteiger partial charge in [-0.1, -0.05) is 6.07 Å². The first-order valence-electron chi connectivity index (χ1n) is 9.69. The van der Waals surface area contributed by atoms with E-state index in [0.29, 0.717) is 29.7 Å².